The second-order valence-electron chi connectivity index (χ2n) is 5.31. The molecule has 2 rings (SSSR count). The zero-order chi connectivity index (χ0) is 15.5. The van der Waals surface area contributed by atoms with Gasteiger partial charge in [0.05, 0.1) is 17.4 Å². The van der Waals surface area contributed by atoms with E-state index in [-0.39, 0.29) is 17.5 Å². The number of ketones is 1. The highest BCUT2D eigenvalue weighted by molar-refractivity contribution is 7.88. The fourth-order valence-electron chi connectivity index (χ4n) is 2.58. The Morgan fingerprint density at radius 2 is 1.95 bits per heavy atom. The van der Waals surface area contributed by atoms with Gasteiger partial charge in [-0.1, -0.05) is 18.2 Å². The predicted octanol–water partition coefficient (Wildman–Crippen LogP) is 1.69. The summed E-state index contributed by atoms with van der Waals surface area (Å²) in [6.45, 7) is 2.31. The van der Waals surface area contributed by atoms with Gasteiger partial charge >= 0.3 is 0 Å². The molecule has 0 radical (unpaired) electrons. The number of hydrogen-bond donors (Lipinski definition) is 0. The van der Waals surface area contributed by atoms with Crippen molar-refractivity contribution < 1.29 is 13.2 Å². The molecule has 1 aromatic rings. The van der Waals surface area contributed by atoms with Gasteiger partial charge in [-0.3, -0.25) is 4.79 Å². The van der Waals surface area contributed by atoms with Crippen molar-refractivity contribution in [2.24, 2.45) is 5.92 Å². The lowest BCUT2D eigenvalue weighted by Crippen LogP contribution is -2.40. The first-order valence-electron chi connectivity index (χ1n) is 6.90. The Kier molecular flexibility index (Phi) is 4.76. The van der Waals surface area contributed by atoms with Gasteiger partial charge in [0.25, 0.3) is 0 Å². The Hall–Kier alpha value is -1.71. The lowest BCUT2D eigenvalue weighted by molar-refractivity contribution is -0.121. The number of nitrogens with zero attached hydrogens (tertiary/aromatic N) is 2. The lowest BCUT2D eigenvalue weighted by Gasteiger charge is -2.30. The summed E-state index contributed by atoms with van der Waals surface area (Å²) < 4.78 is 26.3. The Labute approximate surface area is 125 Å². The summed E-state index contributed by atoms with van der Waals surface area (Å²) >= 11 is 0. The molecule has 112 valence electrons. The standard InChI is InChI=1S/C15H18N2O3S/c1-12(18)13-6-8-17(9-7-13)21(19,20)11-15-5-3-2-4-14(15)10-16/h2-5,13H,6-9,11H2,1H3. The third kappa shape index (κ3) is 3.69. The summed E-state index contributed by atoms with van der Waals surface area (Å²) in [6.07, 6.45) is 1.16. The van der Waals surface area contributed by atoms with E-state index >= 15 is 0 Å². The zero-order valence-corrected chi connectivity index (χ0v) is 12.8. The van der Waals surface area contributed by atoms with Gasteiger partial charge in [-0.25, -0.2) is 12.7 Å². The van der Waals surface area contributed by atoms with E-state index in [0.717, 1.165) is 0 Å². The van der Waals surface area contributed by atoms with E-state index in [9.17, 15) is 13.2 Å². The summed E-state index contributed by atoms with van der Waals surface area (Å²) in [5.41, 5.74) is 0.911. The molecule has 1 aromatic carbocycles. The van der Waals surface area contributed by atoms with Crippen LogP contribution in [0, 0.1) is 17.2 Å². The van der Waals surface area contributed by atoms with Crippen LogP contribution in [0.2, 0.25) is 0 Å². The molecule has 0 unspecified atom stereocenters. The molecule has 0 amide bonds. The molecule has 0 spiro atoms. The monoisotopic (exact) mass is 306 g/mol. The molecule has 0 saturated carbocycles. The highest BCUT2D eigenvalue weighted by Gasteiger charge is 2.30. The third-order valence-electron chi connectivity index (χ3n) is 3.90. The van der Waals surface area contributed by atoms with Crippen molar-refractivity contribution >= 4 is 15.8 Å². The van der Waals surface area contributed by atoms with Gasteiger partial charge in [-0.15, -0.1) is 0 Å². The number of sulfonamides is 1. The first-order chi connectivity index (χ1) is 9.94. The van der Waals surface area contributed by atoms with Crippen LogP contribution in [0.3, 0.4) is 0 Å². The normalized spacial score (nSPS) is 17.3. The molecular weight excluding hydrogens is 288 g/mol. The fourth-order valence-corrected chi connectivity index (χ4v) is 4.18. The van der Waals surface area contributed by atoms with Crippen molar-refractivity contribution in [3.63, 3.8) is 0 Å². The van der Waals surface area contributed by atoms with E-state index in [2.05, 4.69) is 0 Å². The zero-order valence-electron chi connectivity index (χ0n) is 11.9. The maximum Gasteiger partial charge on any atom is 0.218 e. The van der Waals surface area contributed by atoms with E-state index in [1.165, 1.54) is 4.31 Å². The number of carbonyl (C=O) groups excluding carboxylic acids is 1. The van der Waals surface area contributed by atoms with Crippen molar-refractivity contribution in [1.82, 2.24) is 4.31 Å². The second-order valence-corrected chi connectivity index (χ2v) is 7.28. The largest absolute Gasteiger partial charge is 0.300 e. The molecule has 5 nitrogen and oxygen atoms in total. The van der Waals surface area contributed by atoms with Crippen molar-refractivity contribution in [3.8, 4) is 6.07 Å². The average Bonchev–Trinajstić information content (AvgIpc) is 2.47. The van der Waals surface area contributed by atoms with Crippen LogP contribution in [0.25, 0.3) is 0 Å². The van der Waals surface area contributed by atoms with Crippen molar-refractivity contribution in [2.75, 3.05) is 13.1 Å². The minimum Gasteiger partial charge on any atom is -0.300 e. The number of carbonyl (C=O) groups is 1. The number of Topliss-reactive ketones (excluding diaryl/α,β-unsaturated/α-hetero) is 1. The van der Waals surface area contributed by atoms with Crippen LogP contribution in [-0.4, -0.2) is 31.6 Å². The topological polar surface area (TPSA) is 78.2 Å². The number of nitriles is 1. The van der Waals surface area contributed by atoms with E-state index in [1.807, 2.05) is 6.07 Å². The number of hydrogen-bond acceptors (Lipinski definition) is 4. The average molecular weight is 306 g/mol. The van der Waals surface area contributed by atoms with Crippen LogP contribution in [0.4, 0.5) is 0 Å². The minimum absolute atomic E-state index is 0.0251. The minimum atomic E-state index is -3.45. The molecule has 6 heteroatoms. The van der Waals surface area contributed by atoms with E-state index in [0.29, 0.717) is 37.1 Å². The molecule has 21 heavy (non-hydrogen) atoms. The Morgan fingerprint density at radius 1 is 1.33 bits per heavy atom. The number of rotatable bonds is 4. The number of benzene rings is 1. The highest BCUT2D eigenvalue weighted by Crippen LogP contribution is 2.23. The molecule has 1 saturated heterocycles. The van der Waals surface area contributed by atoms with Gasteiger partial charge in [0.1, 0.15) is 5.78 Å². The molecule has 0 aromatic heterocycles. The first kappa shape index (κ1) is 15.7. The van der Waals surface area contributed by atoms with Gasteiger partial charge < -0.3 is 0 Å². The first-order valence-corrected chi connectivity index (χ1v) is 8.51. The highest BCUT2D eigenvalue weighted by atomic mass is 32.2. The molecule has 0 atom stereocenters. The molecule has 1 aliphatic heterocycles. The summed E-state index contributed by atoms with van der Waals surface area (Å²) in [7, 11) is -3.45. The molecule has 1 heterocycles. The molecule has 1 aliphatic rings. The van der Waals surface area contributed by atoms with E-state index in [1.54, 1.807) is 31.2 Å². The van der Waals surface area contributed by atoms with Crippen molar-refractivity contribution in [2.45, 2.75) is 25.5 Å². The Bertz CT molecular complexity index is 668. The Morgan fingerprint density at radius 3 is 2.52 bits per heavy atom. The van der Waals surface area contributed by atoms with Crippen LogP contribution in [-0.2, 0) is 20.6 Å². The van der Waals surface area contributed by atoms with Crippen molar-refractivity contribution in [1.29, 1.82) is 5.26 Å². The van der Waals surface area contributed by atoms with Gasteiger partial charge in [0, 0.05) is 19.0 Å². The van der Waals surface area contributed by atoms with Crippen LogP contribution < -0.4 is 0 Å². The lowest BCUT2D eigenvalue weighted by atomic mass is 9.95. The molecular formula is C15H18N2O3S. The van der Waals surface area contributed by atoms with Crippen LogP contribution in [0.15, 0.2) is 24.3 Å². The molecule has 0 aliphatic carbocycles. The quantitative estimate of drug-likeness (QED) is 0.848. The summed E-state index contributed by atoms with van der Waals surface area (Å²) in [4.78, 5) is 11.3. The van der Waals surface area contributed by atoms with Crippen LogP contribution in [0.1, 0.15) is 30.9 Å². The van der Waals surface area contributed by atoms with E-state index in [4.69, 9.17) is 5.26 Å². The summed E-state index contributed by atoms with van der Waals surface area (Å²) in [5.74, 6) is -0.0636. The fraction of sp³-hybridized carbons (Fsp3) is 0.467. The maximum atomic E-state index is 12.4. The van der Waals surface area contributed by atoms with Gasteiger partial charge in [-0.05, 0) is 31.4 Å². The summed E-state index contributed by atoms with van der Waals surface area (Å²) in [5, 5.41) is 9.03. The van der Waals surface area contributed by atoms with Crippen LogP contribution in [0.5, 0.6) is 0 Å². The molecule has 0 bridgehead atoms. The van der Waals surface area contributed by atoms with Gasteiger partial charge in [0.15, 0.2) is 0 Å². The SMILES string of the molecule is CC(=O)C1CCN(S(=O)(=O)Cc2ccccc2C#N)CC1. The van der Waals surface area contributed by atoms with Crippen LogP contribution >= 0.6 is 0 Å². The predicted molar refractivity (Wildman–Crippen MR) is 78.8 cm³/mol. The second kappa shape index (κ2) is 6.37. The summed E-state index contributed by atoms with van der Waals surface area (Å²) in [6, 6.07) is 8.74. The molecule has 0 N–H and O–H groups in total. The smallest absolute Gasteiger partial charge is 0.218 e. The molecule has 1 fully saturated rings. The third-order valence-corrected chi connectivity index (χ3v) is 5.73. The number of piperidine rings is 1. The Balaban J connectivity index is 2.10. The van der Waals surface area contributed by atoms with E-state index < -0.39 is 10.0 Å². The van der Waals surface area contributed by atoms with Gasteiger partial charge in [0.2, 0.25) is 10.0 Å². The van der Waals surface area contributed by atoms with Crippen molar-refractivity contribution in [3.05, 3.63) is 35.4 Å². The van der Waals surface area contributed by atoms with Gasteiger partial charge in [-0.2, -0.15) is 5.26 Å². The maximum absolute atomic E-state index is 12.4.